The summed E-state index contributed by atoms with van der Waals surface area (Å²) in [6.45, 7) is 0. The standard InChI is InChI=1S/C44H28O/c1-3-14-29(15-4-1)31-18-13-19-32(28-31)41-34-20-7-9-22-36(34)42(37-23-10-8-21-35(37)41)44-33(30-16-5-2-6-17-30)26-27-40-43(44)38-24-11-12-25-39(38)45-40/h1-28H/i1D,3D,4D,11D,12D,13D,14D,15D,18D,19D,24D,25D,26D,27D,28D. The topological polar surface area (TPSA) is 13.1 Å². The molecule has 1 nitrogen and oxygen atoms in total. The molecule has 9 aromatic rings. The maximum atomic E-state index is 9.62. The third-order valence-corrected chi connectivity index (χ3v) is 8.00. The maximum Gasteiger partial charge on any atom is 0.136 e. The summed E-state index contributed by atoms with van der Waals surface area (Å²) >= 11 is 0. The zero-order valence-electron chi connectivity index (χ0n) is 38.4. The molecule has 0 N–H and O–H groups in total. The molecule has 0 fully saturated rings. The van der Waals surface area contributed by atoms with Crippen molar-refractivity contribution in [1.29, 1.82) is 0 Å². The molecule has 8 aromatic carbocycles. The molecule has 0 saturated heterocycles. The predicted octanol–water partition coefficient (Wildman–Crippen LogP) is 12.6. The average molecular weight is 588 g/mol. The molecule has 0 unspecified atom stereocenters. The minimum Gasteiger partial charge on any atom is -0.456 e. The number of rotatable bonds is 4. The van der Waals surface area contributed by atoms with Crippen LogP contribution >= 0.6 is 0 Å². The van der Waals surface area contributed by atoms with E-state index in [2.05, 4.69) is 0 Å². The van der Waals surface area contributed by atoms with Crippen molar-refractivity contribution in [1.82, 2.24) is 0 Å². The second-order valence-corrected chi connectivity index (χ2v) is 10.5. The van der Waals surface area contributed by atoms with Crippen molar-refractivity contribution in [2.75, 3.05) is 0 Å². The van der Waals surface area contributed by atoms with Gasteiger partial charge in [0.1, 0.15) is 11.2 Å². The van der Waals surface area contributed by atoms with Crippen LogP contribution in [0.5, 0.6) is 0 Å². The van der Waals surface area contributed by atoms with E-state index in [9.17, 15) is 5.48 Å². The number of hydrogen-bond donors (Lipinski definition) is 0. The molecule has 0 amide bonds. The predicted molar refractivity (Wildman–Crippen MR) is 190 cm³/mol. The smallest absolute Gasteiger partial charge is 0.136 e. The lowest BCUT2D eigenvalue weighted by atomic mass is 9.82. The lowest BCUT2D eigenvalue weighted by molar-refractivity contribution is 0.669. The number of benzene rings is 8. The Kier molecular flexibility index (Phi) is 3.39. The minimum atomic E-state index is -0.683. The summed E-state index contributed by atoms with van der Waals surface area (Å²) < 4.78 is 139. The van der Waals surface area contributed by atoms with Gasteiger partial charge in [-0.05, 0) is 78.6 Å². The lowest BCUT2D eigenvalue weighted by Gasteiger charge is -2.20. The summed E-state index contributed by atoms with van der Waals surface area (Å²) in [5.74, 6) is 0. The monoisotopic (exact) mass is 587 g/mol. The zero-order chi connectivity index (χ0) is 42.8. The fourth-order valence-electron chi connectivity index (χ4n) is 6.16. The molecule has 0 radical (unpaired) electrons. The van der Waals surface area contributed by atoms with Crippen LogP contribution in [0.3, 0.4) is 0 Å². The normalized spacial score (nSPS) is 16.2. The summed E-state index contributed by atoms with van der Waals surface area (Å²) in [4.78, 5) is 0. The highest BCUT2D eigenvalue weighted by atomic mass is 16.3. The van der Waals surface area contributed by atoms with Gasteiger partial charge < -0.3 is 4.42 Å². The number of fused-ring (bicyclic) bond motifs is 5. The van der Waals surface area contributed by atoms with Gasteiger partial charge in [0.05, 0.1) is 20.6 Å². The van der Waals surface area contributed by atoms with Gasteiger partial charge in [-0.3, -0.25) is 0 Å². The van der Waals surface area contributed by atoms with E-state index in [0.717, 1.165) is 0 Å². The fraction of sp³-hybridized carbons (Fsp3) is 0. The Morgan fingerprint density at radius 1 is 0.378 bits per heavy atom. The van der Waals surface area contributed by atoms with E-state index in [0.29, 0.717) is 38.2 Å². The molecular weight excluding hydrogens is 544 g/mol. The van der Waals surface area contributed by atoms with Gasteiger partial charge in [-0.15, -0.1) is 0 Å². The molecule has 0 atom stereocenters. The van der Waals surface area contributed by atoms with E-state index < -0.39 is 89.7 Å². The van der Waals surface area contributed by atoms with Crippen LogP contribution in [0.15, 0.2) is 174 Å². The molecule has 45 heavy (non-hydrogen) atoms. The van der Waals surface area contributed by atoms with E-state index >= 15 is 0 Å². The van der Waals surface area contributed by atoms with E-state index in [1.54, 1.807) is 78.9 Å². The Labute approximate surface area is 282 Å². The van der Waals surface area contributed by atoms with Crippen molar-refractivity contribution in [2.24, 2.45) is 0 Å². The highest BCUT2D eigenvalue weighted by Gasteiger charge is 2.23. The van der Waals surface area contributed by atoms with Crippen LogP contribution in [0.2, 0.25) is 0 Å². The van der Waals surface area contributed by atoms with Crippen molar-refractivity contribution >= 4 is 43.5 Å². The SMILES string of the molecule is [2H]c1c([2H])c([2H])c(-c2c([2H])c([2H])c([2H])c(-c3c4ccccc4c(-c4c(-c5ccccc5)c([2H])c([2H])c5oc6c([2H])c([2H])c([2H])c([2H])c6c45)c4ccccc34)c2[2H])c([2H])c1[2H]. The first kappa shape index (κ1) is 14.7. The van der Waals surface area contributed by atoms with Crippen LogP contribution in [-0.2, 0) is 0 Å². The molecule has 0 aliphatic carbocycles. The molecule has 1 aromatic heterocycles. The van der Waals surface area contributed by atoms with Crippen molar-refractivity contribution in [3.63, 3.8) is 0 Å². The van der Waals surface area contributed by atoms with Crippen LogP contribution < -0.4 is 0 Å². The molecule has 0 aliphatic rings. The third-order valence-electron chi connectivity index (χ3n) is 8.00. The highest BCUT2D eigenvalue weighted by Crippen LogP contribution is 2.50. The molecule has 0 bridgehead atoms. The Balaban J connectivity index is 1.53. The number of furan rings is 1. The third kappa shape index (κ3) is 4.09. The summed E-state index contributed by atoms with van der Waals surface area (Å²) in [5.41, 5.74) is 0.625. The Bertz CT molecular complexity index is 3290. The van der Waals surface area contributed by atoms with Crippen molar-refractivity contribution in [3.05, 3.63) is 169 Å². The van der Waals surface area contributed by atoms with Gasteiger partial charge in [0.15, 0.2) is 0 Å². The lowest BCUT2D eigenvalue weighted by Crippen LogP contribution is -1.94. The van der Waals surface area contributed by atoms with Crippen molar-refractivity contribution < 1.29 is 25.0 Å². The van der Waals surface area contributed by atoms with Gasteiger partial charge in [-0.25, -0.2) is 0 Å². The number of para-hydroxylation sites is 1. The maximum absolute atomic E-state index is 9.62. The fourth-order valence-corrected chi connectivity index (χ4v) is 6.16. The summed E-state index contributed by atoms with van der Waals surface area (Å²) in [7, 11) is 0. The van der Waals surface area contributed by atoms with Gasteiger partial charge in [0.25, 0.3) is 0 Å². The van der Waals surface area contributed by atoms with Crippen LogP contribution in [0.1, 0.15) is 20.6 Å². The molecule has 1 heterocycles. The Morgan fingerprint density at radius 2 is 0.978 bits per heavy atom. The summed E-state index contributed by atoms with van der Waals surface area (Å²) in [6.07, 6.45) is 0. The Morgan fingerprint density at radius 3 is 1.71 bits per heavy atom. The summed E-state index contributed by atoms with van der Waals surface area (Å²) in [6, 6.07) is 14.8. The van der Waals surface area contributed by atoms with Crippen molar-refractivity contribution in [3.8, 4) is 44.5 Å². The van der Waals surface area contributed by atoms with Gasteiger partial charge in [-0.1, -0.05) is 151 Å². The molecule has 210 valence electrons. The Hall–Kier alpha value is -5.92. The van der Waals surface area contributed by atoms with Crippen LogP contribution in [0, 0.1) is 0 Å². The van der Waals surface area contributed by atoms with Gasteiger partial charge in [0, 0.05) is 16.3 Å². The zero-order valence-corrected chi connectivity index (χ0v) is 23.4. The van der Waals surface area contributed by atoms with E-state index in [4.69, 9.17) is 19.5 Å². The molecule has 9 rings (SSSR count). The largest absolute Gasteiger partial charge is 0.456 e. The second kappa shape index (κ2) is 10.4. The van der Waals surface area contributed by atoms with Crippen LogP contribution in [0.4, 0.5) is 0 Å². The first-order valence-corrected chi connectivity index (χ1v) is 14.2. The minimum absolute atomic E-state index is 0.0175. The average Bonchev–Trinajstić information content (AvgIpc) is 3.66. The second-order valence-electron chi connectivity index (χ2n) is 10.5. The molecule has 0 aliphatic heterocycles. The van der Waals surface area contributed by atoms with Crippen LogP contribution in [0.25, 0.3) is 88.0 Å². The number of hydrogen-bond acceptors (Lipinski definition) is 1. The quantitative estimate of drug-likeness (QED) is 0.187. The van der Waals surface area contributed by atoms with Crippen LogP contribution in [-0.4, -0.2) is 0 Å². The highest BCUT2D eigenvalue weighted by molar-refractivity contribution is 6.27. The molecule has 0 spiro atoms. The molecule has 1 heteroatoms. The van der Waals surface area contributed by atoms with E-state index in [1.807, 2.05) is 0 Å². The van der Waals surface area contributed by atoms with Gasteiger partial charge in [-0.2, -0.15) is 0 Å². The van der Waals surface area contributed by atoms with E-state index in [-0.39, 0.29) is 50.7 Å². The summed E-state index contributed by atoms with van der Waals surface area (Å²) in [5, 5.41) is 2.03. The first-order chi connectivity index (χ1) is 28.6. The molecular formula is C44H28O. The van der Waals surface area contributed by atoms with Gasteiger partial charge >= 0.3 is 0 Å². The first-order valence-electron chi connectivity index (χ1n) is 21.7. The molecule has 0 saturated carbocycles. The van der Waals surface area contributed by atoms with E-state index in [1.165, 1.54) is 0 Å². The van der Waals surface area contributed by atoms with Gasteiger partial charge in [0.2, 0.25) is 0 Å². The van der Waals surface area contributed by atoms with Crippen molar-refractivity contribution in [2.45, 2.75) is 0 Å².